The van der Waals surface area contributed by atoms with Crippen molar-refractivity contribution < 1.29 is 9.53 Å². The molecule has 1 amide bonds. The standard InChI is InChI=1S/C18H22N4O3/c23-17-7-6-16(20-21-17)18(24)19-13-15(22-8-10-25-11-9-22)12-14-4-2-1-3-5-14/h1-7,15H,8-13H2,(H,19,24)(H,21,23). The van der Waals surface area contributed by atoms with E-state index in [1.165, 1.54) is 17.7 Å². The molecule has 1 saturated heterocycles. The molecule has 7 nitrogen and oxygen atoms in total. The van der Waals surface area contributed by atoms with E-state index in [0.29, 0.717) is 19.8 Å². The van der Waals surface area contributed by atoms with Crippen molar-refractivity contribution in [2.24, 2.45) is 0 Å². The van der Waals surface area contributed by atoms with E-state index < -0.39 is 0 Å². The van der Waals surface area contributed by atoms with Gasteiger partial charge in [-0.25, -0.2) is 5.10 Å². The lowest BCUT2D eigenvalue weighted by atomic mass is 10.0. The number of aromatic amines is 1. The van der Waals surface area contributed by atoms with Crippen LogP contribution in [0.25, 0.3) is 0 Å². The van der Waals surface area contributed by atoms with E-state index in [1.807, 2.05) is 18.2 Å². The molecule has 132 valence electrons. The monoisotopic (exact) mass is 342 g/mol. The molecule has 1 fully saturated rings. The molecule has 2 heterocycles. The van der Waals surface area contributed by atoms with Gasteiger partial charge in [-0.2, -0.15) is 5.10 Å². The Labute approximate surface area is 146 Å². The minimum absolute atomic E-state index is 0.179. The molecule has 0 saturated carbocycles. The number of carbonyl (C=O) groups excluding carboxylic acids is 1. The predicted octanol–water partition coefficient (Wildman–Crippen LogP) is 0.443. The summed E-state index contributed by atoms with van der Waals surface area (Å²) in [6, 6.07) is 13.1. The number of amides is 1. The molecule has 1 aliphatic rings. The molecule has 3 rings (SSSR count). The van der Waals surface area contributed by atoms with Crippen LogP contribution >= 0.6 is 0 Å². The number of morpholine rings is 1. The fourth-order valence-corrected chi connectivity index (χ4v) is 2.93. The fourth-order valence-electron chi connectivity index (χ4n) is 2.93. The van der Waals surface area contributed by atoms with E-state index in [2.05, 4.69) is 32.5 Å². The zero-order valence-corrected chi connectivity index (χ0v) is 14.0. The van der Waals surface area contributed by atoms with Gasteiger partial charge in [0.1, 0.15) is 5.69 Å². The normalized spacial score (nSPS) is 16.3. The van der Waals surface area contributed by atoms with Crippen LogP contribution < -0.4 is 10.9 Å². The third-order valence-electron chi connectivity index (χ3n) is 4.29. The van der Waals surface area contributed by atoms with Crippen molar-refractivity contribution in [3.05, 3.63) is 64.1 Å². The highest BCUT2D eigenvalue weighted by Gasteiger charge is 2.22. The Kier molecular flexibility index (Phi) is 5.92. The summed E-state index contributed by atoms with van der Waals surface area (Å²) in [6.07, 6.45) is 0.847. The topological polar surface area (TPSA) is 87.3 Å². The van der Waals surface area contributed by atoms with Gasteiger partial charge in [-0.05, 0) is 18.1 Å². The third-order valence-corrected chi connectivity index (χ3v) is 4.29. The van der Waals surface area contributed by atoms with Crippen LogP contribution in [0, 0.1) is 0 Å². The molecular formula is C18H22N4O3. The SMILES string of the molecule is O=C(NCC(Cc1ccccc1)N1CCOCC1)c1ccc(=O)[nH]n1. The minimum atomic E-state index is -0.327. The Morgan fingerprint density at radius 2 is 1.96 bits per heavy atom. The van der Waals surface area contributed by atoms with E-state index >= 15 is 0 Å². The van der Waals surface area contributed by atoms with Crippen molar-refractivity contribution in [3.8, 4) is 0 Å². The summed E-state index contributed by atoms with van der Waals surface area (Å²) in [5, 5.41) is 8.98. The first-order valence-corrected chi connectivity index (χ1v) is 8.42. The molecule has 2 N–H and O–H groups in total. The van der Waals surface area contributed by atoms with Gasteiger partial charge >= 0.3 is 0 Å². The largest absolute Gasteiger partial charge is 0.379 e. The molecular weight excluding hydrogens is 320 g/mol. The highest BCUT2D eigenvalue weighted by molar-refractivity contribution is 5.91. The lowest BCUT2D eigenvalue weighted by Crippen LogP contribution is -2.49. The number of carbonyl (C=O) groups is 1. The Balaban J connectivity index is 1.65. The van der Waals surface area contributed by atoms with Gasteiger partial charge in [-0.1, -0.05) is 30.3 Å². The Bertz CT molecular complexity index is 721. The molecule has 0 spiro atoms. The van der Waals surface area contributed by atoms with Crippen LogP contribution in [-0.2, 0) is 11.2 Å². The highest BCUT2D eigenvalue weighted by Crippen LogP contribution is 2.11. The number of nitrogens with zero attached hydrogens (tertiary/aromatic N) is 2. The summed E-state index contributed by atoms with van der Waals surface area (Å²) in [4.78, 5) is 25.7. The Morgan fingerprint density at radius 3 is 2.64 bits per heavy atom. The molecule has 0 radical (unpaired) electrons. The van der Waals surface area contributed by atoms with Crippen LogP contribution in [-0.4, -0.2) is 59.9 Å². The van der Waals surface area contributed by atoms with Crippen LogP contribution in [0.15, 0.2) is 47.3 Å². The summed E-state index contributed by atoms with van der Waals surface area (Å²) in [6.45, 7) is 3.63. The van der Waals surface area contributed by atoms with Gasteiger partial charge < -0.3 is 10.1 Å². The molecule has 1 aromatic heterocycles. The van der Waals surface area contributed by atoms with E-state index in [1.54, 1.807) is 0 Å². The van der Waals surface area contributed by atoms with Gasteiger partial charge in [-0.3, -0.25) is 14.5 Å². The van der Waals surface area contributed by atoms with Crippen LogP contribution in [0.4, 0.5) is 0 Å². The van der Waals surface area contributed by atoms with Crippen LogP contribution in [0.1, 0.15) is 16.1 Å². The second-order valence-electron chi connectivity index (χ2n) is 6.01. The number of benzene rings is 1. The summed E-state index contributed by atoms with van der Waals surface area (Å²) in [5.74, 6) is -0.289. The molecule has 1 aromatic carbocycles. The second kappa shape index (κ2) is 8.55. The molecule has 0 aliphatic carbocycles. The van der Waals surface area contributed by atoms with Crippen molar-refractivity contribution in [1.82, 2.24) is 20.4 Å². The third kappa shape index (κ3) is 4.98. The zero-order chi connectivity index (χ0) is 17.5. The molecule has 1 aliphatic heterocycles. The maximum absolute atomic E-state index is 12.3. The number of rotatable bonds is 6. The first kappa shape index (κ1) is 17.3. The Morgan fingerprint density at radius 1 is 1.20 bits per heavy atom. The second-order valence-corrected chi connectivity index (χ2v) is 6.01. The van der Waals surface area contributed by atoms with Gasteiger partial charge in [0.25, 0.3) is 11.5 Å². The number of nitrogens with one attached hydrogen (secondary N) is 2. The average molecular weight is 342 g/mol. The molecule has 7 heteroatoms. The summed E-state index contributed by atoms with van der Waals surface area (Å²) >= 11 is 0. The fraction of sp³-hybridized carbons (Fsp3) is 0.389. The number of ether oxygens (including phenoxy) is 1. The van der Waals surface area contributed by atoms with E-state index in [0.717, 1.165) is 19.5 Å². The Hall–Kier alpha value is -2.51. The molecule has 0 bridgehead atoms. The van der Waals surface area contributed by atoms with E-state index in [4.69, 9.17) is 4.74 Å². The highest BCUT2D eigenvalue weighted by atomic mass is 16.5. The summed E-state index contributed by atoms with van der Waals surface area (Å²) in [7, 11) is 0. The maximum atomic E-state index is 12.3. The zero-order valence-electron chi connectivity index (χ0n) is 14.0. The first-order valence-electron chi connectivity index (χ1n) is 8.42. The minimum Gasteiger partial charge on any atom is -0.379 e. The van der Waals surface area contributed by atoms with E-state index in [9.17, 15) is 9.59 Å². The lowest BCUT2D eigenvalue weighted by molar-refractivity contribution is 0.0167. The van der Waals surface area contributed by atoms with Crippen LogP contribution in [0.5, 0.6) is 0 Å². The first-order chi connectivity index (χ1) is 12.2. The van der Waals surface area contributed by atoms with Gasteiger partial charge in [0.15, 0.2) is 0 Å². The van der Waals surface area contributed by atoms with Crippen molar-refractivity contribution in [2.45, 2.75) is 12.5 Å². The lowest BCUT2D eigenvalue weighted by Gasteiger charge is -2.34. The average Bonchev–Trinajstić information content (AvgIpc) is 2.67. The van der Waals surface area contributed by atoms with Gasteiger partial charge in [0, 0.05) is 31.7 Å². The smallest absolute Gasteiger partial charge is 0.271 e. The van der Waals surface area contributed by atoms with Gasteiger partial charge in [-0.15, -0.1) is 0 Å². The van der Waals surface area contributed by atoms with Crippen molar-refractivity contribution in [3.63, 3.8) is 0 Å². The number of aromatic nitrogens is 2. The number of hydrogen-bond donors (Lipinski definition) is 2. The number of hydrogen-bond acceptors (Lipinski definition) is 5. The summed E-state index contributed by atoms with van der Waals surface area (Å²) in [5.41, 5.74) is 1.11. The number of H-pyrrole nitrogens is 1. The van der Waals surface area contributed by atoms with Gasteiger partial charge in [0.2, 0.25) is 0 Å². The molecule has 2 aromatic rings. The van der Waals surface area contributed by atoms with Crippen LogP contribution in [0.3, 0.4) is 0 Å². The van der Waals surface area contributed by atoms with Crippen molar-refractivity contribution in [1.29, 1.82) is 0 Å². The van der Waals surface area contributed by atoms with Crippen molar-refractivity contribution in [2.75, 3.05) is 32.8 Å². The van der Waals surface area contributed by atoms with E-state index in [-0.39, 0.29) is 23.2 Å². The summed E-state index contributed by atoms with van der Waals surface area (Å²) < 4.78 is 5.43. The van der Waals surface area contributed by atoms with Crippen molar-refractivity contribution >= 4 is 5.91 Å². The maximum Gasteiger partial charge on any atom is 0.271 e. The molecule has 1 atom stereocenters. The van der Waals surface area contributed by atoms with Gasteiger partial charge in [0.05, 0.1) is 13.2 Å². The predicted molar refractivity (Wildman–Crippen MR) is 93.5 cm³/mol. The molecule has 25 heavy (non-hydrogen) atoms. The van der Waals surface area contributed by atoms with Crippen LogP contribution in [0.2, 0.25) is 0 Å². The quantitative estimate of drug-likeness (QED) is 0.796. The molecule has 1 unspecified atom stereocenters.